The van der Waals surface area contributed by atoms with Gasteiger partial charge in [-0.3, -0.25) is 0 Å². The summed E-state index contributed by atoms with van der Waals surface area (Å²) in [6.45, 7) is 13.9. The average Bonchev–Trinajstić information content (AvgIpc) is 3.37. The lowest BCUT2D eigenvalue weighted by Crippen LogP contribution is -2.29. The van der Waals surface area contributed by atoms with Crippen molar-refractivity contribution in [1.82, 2.24) is 0 Å². The van der Waals surface area contributed by atoms with Crippen molar-refractivity contribution in [3.05, 3.63) is 125 Å². The van der Waals surface area contributed by atoms with Gasteiger partial charge in [0.05, 0.1) is 29.3 Å². The molecule has 2 atom stereocenters. The van der Waals surface area contributed by atoms with E-state index in [1.807, 2.05) is 30.3 Å². The summed E-state index contributed by atoms with van der Waals surface area (Å²) in [7, 11) is -4.71. The van der Waals surface area contributed by atoms with E-state index in [9.17, 15) is 13.0 Å². The van der Waals surface area contributed by atoms with Gasteiger partial charge in [0.1, 0.15) is 10.1 Å². The lowest BCUT2D eigenvalue weighted by molar-refractivity contribution is 0.462. The molecular weight excluding hydrogens is 540 g/mol. The van der Waals surface area contributed by atoms with Crippen LogP contribution < -0.4 is 9.80 Å². The van der Waals surface area contributed by atoms with Gasteiger partial charge in [0.15, 0.2) is 0 Å². The summed E-state index contributed by atoms with van der Waals surface area (Å²) in [6, 6.07) is 31.6. The topological polar surface area (TPSA) is 63.7 Å². The van der Waals surface area contributed by atoms with Crippen LogP contribution in [0.1, 0.15) is 99.2 Å². The average molecular weight is 582 g/mol. The van der Waals surface area contributed by atoms with Gasteiger partial charge in [-0.2, -0.15) is 0 Å². The minimum absolute atomic E-state index is 0.143. The first-order valence-corrected chi connectivity index (χ1v) is 16.3. The minimum Gasteiger partial charge on any atom is -0.744 e. The third-order valence-electron chi connectivity index (χ3n) is 8.39. The highest BCUT2D eigenvalue weighted by Crippen LogP contribution is 2.52. The monoisotopic (exact) mass is 581 g/mol. The summed E-state index contributed by atoms with van der Waals surface area (Å²) in [5.74, 6) is 0.928. The Morgan fingerprint density at radius 2 is 1.10 bits per heavy atom. The van der Waals surface area contributed by atoms with Crippen molar-refractivity contribution in [2.45, 2.75) is 76.3 Å². The van der Waals surface area contributed by atoms with E-state index in [1.54, 1.807) is 12.1 Å². The first-order chi connectivity index (χ1) is 20.0. The van der Waals surface area contributed by atoms with Crippen molar-refractivity contribution in [1.29, 1.82) is 0 Å². The molecule has 4 aromatic rings. The van der Waals surface area contributed by atoms with E-state index in [2.05, 4.69) is 99.9 Å². The molecule has 1 aliphatic heterocycles. The van der Waals surface area contributed by atoms with Gasteiger partial charge < -0.3 is 14.4 Å². The molecule has 1 aliphatic rings. The fourth-order valence-electron chi connectivity index (χ4n) is 6.30. The van der Waals surface area contributed by atoms with Gasteiger partial charge >= 0.3 is 0 Å². The van der Waals surface area contributed by atoms with Crippen molar-refractivity contribution in [2.75, 3.05) is 16.5 Å². The molecule has 4 aromatic carbocycles. The number of nitrogens with zero attached hydrogens (tertiary/aromatic N) is 2. The Morgan fingerprint density at radius 3 is 1.55 bits per heavy atom. The quantitative estimate of drug-likeness (QED) is 0.195. The molecule has 0 aromatic heterocycles. The van der Waals surface area contributed by atoms with Crippen LogP contribution in [0.5, 0.6) is 0 Å². The van der Waals surface area contributed by atoms with E-state index < -0.39 is 10.1 Å². The van der Waals surface area contributed by atoms with E-state index in [4.69, 9.17) is 0 Å². The van der Waals surface area contributed by atoms with Crippen LogP contribution in [0, 0.1) is 0 Å². The van der Waals surface area contributed by atoms with E-state index in [1.165, 1.54) is 28.4 Å². The van der Waals surface area contributed by atoms with Crippen molar-refractivity contribution >= 4 is 21.5 Å². The number of hydrogen-bond acceptors (Lipinski definition) is 5. The molecule has 0 unspecified atom stereocenters. The molecule has 0 bridgehead atoms. The molecule has 6 heteroatoms. The molecule has 42 heavy (non-hydrogen) atoms. The number of hydrogen-bond donors (Lipinski definition) is 0. The third kappa shape index (κ3) is 5.70. The van der Waals surface area contributed by atoms with Gasteiger partial charge in [-0.15, -0.1) is 0 Å². The van der Waals surface area contributed by atoms with Gasteiger partial charge in [0.2, 0.25) is 0 Å². The van der Waals surface area contributed by atoms with Crippen LogP contribution in [-0.4, -0.2) is 19.6 Å². The zero-order valence-electron chi connectivity index (χ0n) is 25.4. The maximum Gasteiger partial charge on any atom is 0.126 e. The van der Waals surface area contributed by atoms with Gasteiger partial charge in [-0.1, -0.05) is 126 Å². The molecule has 0 N–H and O–H groups in total. The Bertz CT molecular complexity index is 1600. The largest absolute Gasteiger partial charge is 0.744 e. The molecule has 1 fully saturated rings. The van der Waals surface area contributed by atoms with Crippen molar-refractivity contribution < 1.29 is 13.0 Å². The zero-order valence-corrected chi connectivity index (χ0v) is 26.2. The predicted octanol–water partition coefficient (Wildman–Crippen LogP) is 8.73. The third-order valence-corrected chi connectivity index (χ3v) is 9.27. The van der Waals surface area contributed by atoms with Gasteiger partial charge in [0.25, 0.3) is 0 Å². The second-order valence-electron chi connectivity index (χ2n) is 12.2. The Kier molecular flexibility index (Phi) is 8.49. The Morgan fingerprint density at radius 1 is 0.643 bits per heavy atom. The van der Waals surface area contributed by atoms with Crippen molar-refractivity contribution in [3.8, 4) is 0 Å². The van der Waals surface area contributed by atoms with Crippen molar-refractivity contribution in [3.63, 3.8) is 0 Å². The molecule has 0 aliphatic carbocycles. The lowest BCUT2D eigenvalue weighted by atomic mass is 9.85. The number of benzene rings is 4. The number of rotatable bonds is 8. The fraction of sp³-hybridized carbons (Fsp3) is 0.333. The van der Waals surface area contributed by atoms with E-state index in [0.717, 1.165) is 11.1 Å². The Balaban J connectivity index is 1.85. The Hall–Kier alpha value is -3.61. The summed E-state index contributed by atoms with van der Waals surface area (Å²) < 4.78 is 37.6. The zero-order chi connectivity index (χ0) is 30.2. The van der Waals surface area contributed by atoms with Crippen LogP contribution in [0.4, 0.5) is 11.4 Å². The highest BCUT2D eigenvalue weighted by Gasteiger charge is 2.44. The lowest BCUT2D eigenvalue weighted by Gasteiger charge is -2.34. The minimum atomic E-state index is -4.71. The van der Waals surface area contributed by atoms with Gasteiger partial charge in [0, 0.05) is 5.69 Å². The highest BCUT2D eigenvalue weighted by molar-refractivity contribution is 7.86. The molecule has 1 heterocycles. The standard InChI is InChI=1S/C36H42N2O3S/c1-24(2)29-21-30(25(3)4)36(31(22-29)26(5)6)38-23-37(32-19-13-14-20-33(32)42(39,40)41)34(27-15-9-7-10-16-27)35(38)28-17-11-8-12-18-28/h7-22,24-26,34-35H,23H2,1-6H3,(H,39,40,41)/p-1/t34-,35-/m0/s1. The van der Waals surface area contributed by atoms with Gasteiger partial charge in [-0.05, 0) is 57.7 Å². The van der Waals surface area contributed by atoms with E-state index in [0.29, 0.717) is 18.3 Å². The summed E-state index contributed by atoms with van der Waals surface area (Å²) in [5.41, 5.74) is 7.70. The molecule has 220 valence electrons. The van der Waals surface area contributed by atoms with Crippen LogP contribution in [0.3, 0.4) is 0 Å². The predicted molar refractivity (Wildman–Crippen MR) is 171 cm³/mol. The molecule has 0 radical (unpaired) electrons. The molecule has 0 spiro atoms. The summed E-state index contributed by atoms with van der Waals surface area (Å²) >= 11 is 0. The van der Waals surface area contributed by atoms with E-state index >= 15 is 0 Å². The maximum absolute atomic E-state index is 12.5. The molecule has 0 saturated carbocycles. The molecule has 1 saturated heterocycles. The van der Waals surface area contributed by atoms with Gasteiger partial charge in [-0.25, -0.2) is 8.42 Å². The second kappa shape index (κ2) is 11.9. The summed E-state index contributed by atoms with van der Waals surface area (Å²) in [6.07, 6.45) is 0. The molecule has 5 rings (SSSR count). The molecule has 0 amide bonds. The maximum atomic E-state index is 12.5. The van der Waals surface area contributed by atoms with Crippen LogP contribution in [-0.2, 0) is 10.1 Å². The molecular formula is C36H41N2O3S-. The normalized spacial score (nSPS) is 17.6. The van der Waals surface area contributed by atoms with Crippen LogP contribution in [0.2, 0.25) is 0 Å². The van der Waals surface area contributed by atoms with Crippen molar-refractivity contribution in [2.24, 2.45) is 0 Å². The van der Waals surface area contributed by atoms with Crippen LogP contribution in [0.15, 0.2) is 102 Å². The summed E-state index contributed by atoms with van der Waals surface area (Å²) in [5, 5.41) is 0. The SMILES string of the molecule is CC(C)c1cc(C(C)C)c(N2CN(c3ccccc3S(=O)(=O)[O-])[C@@H](c3ccccc3)[C@@H]2c2ccccc2)c(C(C)C)c1. The van der Waals surface area contributed by atoms with Crippen LogP contribution >= 0.6 is 0 Å². The second-order valence-corrected chi connectivity index (χ2v) is 13.6. The first kappa shape index (κ1) is 29.9. The number of para-hydroxylation sites is 1. The highest BCUT2D eigenvalue weighted by atomic mass is 32.2. The Labute approximate surface area is 251 Å². The first-order valence-electron chi connectivity index (χ1n) is 14.8. The van der Waals surface area contributed by atoms with E-state index in [-0.39, 0.29) is 28.8 Å². The smallest absolute Gasteiger partial charge is 0.126 e. The molecule has 5 nitrogen and oxygen atoms in total. The number of anilines is 2. The fourth-order valence-corrected chi connectivity index (χ4v) is 6.98. The summed E-state index contributed by atoms with van der Waals surface area (Å²) in [4.78, 5) is 4.38. The van der Waals surface area contributed by atoms with Crippen LogP contribution in [0.25, 0.3) is 0 Å².